The summed E-state index contributed by atoms with van der Waals surface area (Å²) in [4.78, 5) is 11.6. The lowest BCUT2D eigenvalue weighted by Crippen LogP contribution is -2.26. The minimum Gasteiger partial charge on any atom is -0.496 e. The zero-order valence-electron chi connectivity index (χ0n) is 13.7. The van der Waals surface area contributed by atoms with E-state index in [9.17, 15) is 13.2 Å². The molecule has 132 valence electrons. The number of sulfonamides is 1. The monoisotopic (exact) mass is 424 g/mol. The molecule has 2 aromatic rings. The molecule has 0 saturated carbocycles. The van der Waals surface area contributed by atoms with Crippen LogP contribution < -0.4 is 10.1 Å². The smallest absolute Gasteiger partial charge is 0.243 e. The molecule has 0 unspecified atom stereocenters. The van der Waals surface area contributed by atoms with Crippen molar-refractivity contribution in [3.05, 3.63) is 52.0 Å². The fraction of sp³-hybridized carbons (Fsp3) is 0.235. The van der Waals surface area contributed by atoms with E-state index in [1.54, 1.807) is 25.3 Å². The van der Waals surface area contributed by atoms with Crippen LogP contribution in [0.15, 0.2) is 45.8 Å². The van der Waals surface area contributed by atoms with E-state index >= 15 is 0 Å². The zero-order valence-corrected chi connectivity index (χ0v) is 16.1. The summed E-state index contributed by atoms with van der Waals surface area (Å²) in [6.07, 6.45) is 0.196. The van der Waals surface area contributed by atoms with Crippen LogP contribution in [0.5, 0.6) is 5.75 Å². The number of nitrogens with zero attached hydrogens (tertiary/aromatic N) is 1. The van der Waals surface area contributed by atoms with Gasteiger partial charge < -0.3 is 10.1 Å². The number of ether oxygens (including phenoxy) is 1. The summed E-state index contributed by atoms with van der Waals surface area (Å²) in [5.74, 6) is 0.491. The van der Waals surface area contributed by atoms with E-state index in [-0.39, 0.29) is 23.8 Å². The third-order valence-electron chi connectivity index (χ3n) is 4.05. The molecular formula is C17H17BrN2O4S. The first-order valence-electron chi connectivity index (χ1n) is 7.53. The molecular weight excluding hydrogens is 408 g/mol. The molecule has 0 fully saturated rings. The van der Waals surface area contributed by atoms with E-state index in [1.165, 1.54) is 17.4 Å². The predicted molar refractivity (Wildman–Crippen MR) is 98.1 cm³/mol. The molecule has 1 N–H and O–H groups in total. The molecule has 0 spiro atoms. The van der Waals surface area contributed by atoms with Crippen LogP contribution in [-0.2, 0) is 27.8 Å². The van der Waals surface area contributed by atoms with Crippen LogP contribution in [0.2, 0.25) is 0 Å². The van der Waals surface area contributed by atoms with Gasteiger partial charge in [-0.25, -0.2) is 8.42 Å². The van der Waals surface area contributed by atoms with Gasteiger partial charge >= 0.3 is 0 Å². The molecule has 0 saturated heterocycles. The van der Waals surface area contributed by atoms with E-state index < -0.39 is 10.0 Å². The summed E-state index contributed by atoms with van der Waals surface area (Å²) >= 11 is 3.39. The van der Waals surface area contributed by atoms with E-state index in [0.717, 1.165) is 10.0 Å². The van der Waals surface area contributed by atoms with E-state index in [4.69, 9.17) is 4.74 Å². The predicted octanol–water partition coefficient (Wildman–Crippen LogP) is 2.77. The van der Waals surface area contributed by atoms with Gasteiger partial charge in [-0.15, -0.1) is 0 Å². The third kappa shape index (κ3) is 3.56. The van der Waals surface area contributed by atoms with Crippen molar-refractivity contribution in [2.24, 2.45) is 0 Å². The molecule has 1 aliphatic heterocycles. The fourth-order valence-electron chi connectivity index (χ4n) is 2.74. The van der Waals surface area contributed by atoms with E-state index in [0.29, 0.717) is 17.0 Å². The van der Waals surface area contributed by atoms with Crippen molar-refractivity contribution < 1.29 is 17.9 Å². The molecule has 1 heterocycles. The fourth-order valence-corrected chi connectivity index (χ4v) is 4.35. The Morgan fingerprint density at radius 2 is 2.00 bits per heavy atom. The molecule has 0 aliphatic carbocycles. The van der Waals surface area contributed by atoms with Crippen LogP contribution in [0.1, 0.15) is 11.1 Å². The van der Waals surface area contributed by atoms with Gasteiger partial charge in [0.25, 0.3) is 0 Å². The van der Waals surface area contributed by atoms with Gasteiger partial charge in [0, 0.05) is 29.3 Å². The number of hydrogen-bond donors (Lipinski definition) is 1. The molecule has 2 aromatic carbocycles. The van der Waals surface area contributed by atoms with Crippen LogP contribution in [-0.4, -0.2) is 32.8 Å². The van der Waals surface area contributed by atoms with Crippen molar-refractivity contribution in [2.45, 2.75) is 17.9 Å². The average Bonchev–Trinajstić information content (AvgIpc) is 2.94. The van der Waals surface area contributed by atoms with Gasteiger partial charge in [0.15, 0.2) is 0 Å². The summed E-state index contributed by atoms with van der Waals surface area (Å²) in [6, 6.07) is 10.1. The number of amides is 1. The van der Waals surface area contributed by atoms with Crippen LogP contribution in [0, 0.1) is 0 Å². The quantitative estimate of drug-likeness (QED) is 0.800. The highest BCUT2D eigenvalue weighted by Gasteiger charge is 2.25. The Bertz CT molecular complexity index is 944. The number of fused-ring (bicyclic) bond motifs is 1. The number of nitrogens with one attached hydrogen (secondary N) is 1. The number of rotatable bonds is 5. The summed E-state index contributed by atoms with van der Waals surface area (Å²) in [6.45, 7) is 0.166. The van der Waals surface area contributed by atoms with Crippen molar-refractivity contribution in [2.75, 3.05) is 19.5 Å². The van der Waals surface area contributed by atoms with Crippen LogP contribution >= 0.6 is 15.9 Å². The summed E-state index contributed by atoms with van der Waals surface area (Å²) in [5.41, 5.74) is 2.11. The Morgan fingerprint density at radius 3 is 2.72 bits per heavy atom. The average molecular weight is 425 g/mol. The Kier molecular flexibility index (Phi) is 4.86. The lowest BCUT2D eigenvalue weighted by molar-refractivity contribution is -0.115. The number of carbonyl (C=O) groups excluding carboxylic acids is 1. The van der Waals surface area contributed by atoms with Crippen LogP contribution in [0.3, 0.4) is 0 Å². The standard InChI is InChI=1S/C17H17BrN2O4S/c1-20(10-12-7-13(18)3-6-16(12)24-2)25(22,23)14-4-5-15-11(8-14)9-17(21)19-15/h3-8H,9-10H2,1-2H3,(H,19,21). The summed E-state index contributed by atoms with van der Waals surface area (Å²) in [5, 5.41) is 2.70. The van der Waals surface area contributed by atoms with Crippen molar-refractivity contribution in [3.63, 3.8) is 0 Å². The molecule has 25 heavy (non-hydrogen) atoms. The highest BCUT2D eigenvalue weighted by atomic mass is 79.9. The Morgan fingerprint density at radius 1 is 1.24 bits per heavy atom. The molecule has 0 aromatic heterocycles. The van der Waals surface area contributed by atoms with Crippen molar-refractivity contribution in [1.82, 2.24) is 4.31 Å². The van der Waals surface area contributed by atoms with Gasteiger partial charge in [0.2, 0.25) is 15.9 Å². The van der Waals surface area contributed by atoms with Gasteiger partial charge in [-0.1, -0.05) is 15.9 Å². The second-order valence-corrected chi connectivity index (χ2v) is 8.72. The molecule has 0 bridgehead atoms. The van der Waals surface area contributed by atoms with Crippen molar-refractivity contribution in [3.8, 4) is 5.75 Å². The van der Waals surface area contributed by atoms with Gasteiger partial charge in [-0.3, -0.25) is 4.79 Å². The maximum atomic E-state index is 12.9. The molecule has 0 radical (unpaired) electrons. The normalized spacial score (nSPS) is 13.7. The Balaban J connectivity index is 1.89. The topological polar surface area (TPSA) is 75.7 Å². The second kappa shape index (κ2) is 6.78. The lowest BCUT2D eigenvalue weighted by Gasteiger charge is -2.19. The largest absolute Gasteiger partial charge is 0.496 e. The first kappa shape index (κ1) is 17.9. The molecule has 1 aliphatic rings. The third-order valence-corrected chi connectivity index (χ3v) is 6.34. The van der Waals surface area contributed by atoms with Gasteiger partial charge in [-0.2, -0.15) is 4.31 Å². The summed E-state index contributed by atoms with van der Waals surface area (Å²) in [7, 11) is -0.623. The van der Waals surface area contributed by atoms with Crippen LogP contribution in [0.25, 0.3) is 0 Å². The summed E-state index contributed by atoms with van der Waals surface area (Å²) < 4.78 is 33.2. The Hall–Kier alpha value is -1.90. The number of hydrogen-bond acceptors (Lipinski definition) is 4. The van der Waals surface area contributed by atoms with Gasteiger partial charge in [0.1, 0.15) is 5.75 Å². The number of anilines is 1. The van der Waals surface area contributed by atoms with Gasteiger partial charge in [0.05, 0.1) is 18.4 Å². The number of carbonyl (C=O) groups is 1. The Labute approximate surface area is 155 Å². The minimum atomic E-state index is -3.69. The minimum absolute atomic E-state index is 0.128. The number of methoxy groups -OCH3 is 1. The van der Waals surface area contributed by atoms with Crippen LogP contribution in [0.4, 0.5) is 5.69 Å². The lowest BCUT2D eigenvalue weighted by atomic mass is 10.2. The molecule has 0 atom stereocenters. The molecule has 1 amide bonds. The number of halogens is 1. The first-order valence-corrected chi connectivity index (χ1v) is 9.76. The second-order valence-electron chi connectivity index (χ2n) is 5.76. The maximum Gasteiger partial charge on any atom is 0.243 e. The maximum absolute atomic E-state index is 12.9. The van der Waals surface area contributed by atoms with Gasteiger partial charge in [-0.05, 0) is 42.0 Å². The molecule has 3 rings (SSSR count). The van der Waals surface area contributed by atoms with Crippen molar-refractivity contribution >= 4 is 37.5 Å². The van der Waals surface area contributed by atoms with E-state index in [2.05, 4.69) is 21.2 Å². The van der Waals surface area contributed by atoms with E-state index in [1.807, 2.05) is 12.1 Å². The molecule has 8 heteroatoms. The zero-order chi connectivity index (χ0) is 18.2. The highest BCUT2D eigenvalue weighted by molar-refractivity contribution is 9.10. The first-order chi connectivity index (χ1) is 11.8. The SMILES string of the molecule is COc1ccc(Br)cc1CN(C)S(=O)(=O)c1ccc2c(c1)CC(=O)N2. The number of benzene rings is 2. The van der Waals surface area contributed by atoms with Crippen molar-refractivity contribution in [1.29, 1.82) is 0 Å². The highest BCUT2D eigenvalue weighted by Crippen LogP contribution is 2.29. The molecule has 6 nitrogen and oxygen atoms in total.